The number of hydrogen-bond acceptors (Lipinski definition) is 2. The largest absolute Gasteiger partial charge is 0.332 e. The second-order valence-corrected chi connectivity index (χ2v) is 4.76. The molecule has 1 atom stereocenters. The summed E-state index contributed by atoms with van der Waals surface area (Å²) in [6.07, 6.45) is 6.17. The highest BCUT2D eigenvalue weighted by Crippen LogP contribution is 2.33. The molecule has 2 rings (SSSR count). The molecule has 15 heavy (non-hydrogen) atoms. The number of amides is 1. The van der Waals surface area contributed by atoms with Gasteiger partial charge in [-0.05, 0) is 25.2 Å². The van der Waals surface area contributed by atoms with Crippen molar-refractivity contribution in [2.75, 3.05) is 6.54 Å². The highest BCUT2D eigenvalue weighted by Gasteiger charge is 2.36. The van der Waals surface area contributed by atoms with Gasteiger partial charge in [0.1, 0.15) is 0 Å². The van der Waals surface area contributed by atoms with Crippen LogP contribution in [0, 0.1) is 5.92 Å². The van der Waals surface area contributed by atoms with Crippen LogP contribution < -0.4 is 0 Å². The van der Waals surface area contributed by atoms with Crippen LogP contribution in [0.1, 0.15) is 45.4 Å². The van der Waals surface area contributed by atoms with Gasteiger partial charge in [0, 0.05) is 6.04 Å². The molecule has 84 valence electrons. The molecule has 2 aliphatic rings. The Balaban J connectivity index is 2.05. The molecule has 0 aromatic rings. The molecule has 0 N–H and O–H groups in total. The predicted molar refractivity (Wildman–Crippen MR) is 57.4 cm³/mol. The van der Waals surface area contributed by atoms with Crippen LogP contribution in [0.25, 0.3) is 0 Å². The third-order valence-corrected chi connectivity index (χ3v) is 3.78. The summed E-state index contributed by atoms with van der Waals surface area (Å²) in [5.74, 6) is 0.792. The molecule has 1 aliphatic heterocycles. The van der Waals surface area contributed by atoms with Gasteiger partial charge in [-0.3, -0.25) is 9.59 Å². The Morgan fingerprint density at radius 1 is 1.33 bits per heavy atom. The van der Waals surface area contributed by atoms with Crippen LogP contribution in [0.15, 0.2) is 0 Å². The number of ketones is 1. The summed E-state index contributed by atoms with van der Waals surface area (Å²) in [7, 11) is 0. The zero-order valence-electron chi connectivity index (χ0n) is 9.37. The van der Waals surface area contributed by atoms with Crippen molar-refractivity contribution in [3.63, 3.8) is 0 Å². The van der Waals surface area contributed by atoms with Crippen molar-refractivity contribution in [3.05, 3.63) is 0 Å². The maximum absolute atomic E-state index is 11.6. The number of carbonyl (C=O) groups is 2. The summed E-state index contributed by atoms with van der Waals surface area (Å²) in [4.78, 5) is 24.7. The fraction of sp³-hybridized carbons (Fsp3) is 0.833. The van der Waals surface area contributed by atoms with E-state index in [1.807, 2.05) is 4.90 Å². The Kier molecular flexibility index (Phi) is 3.08. The first-order chi connectivity index (χ1) is 7.22. The zero-order chi connectivity index (χ0) is 10.8. The second kappa shape index (κ2) is 4.33. The van der Waals surface area contributed by atoms with E-state index in [2.05, 4.69) is 6.92 Å². The van der Waals surface area contributed by atoms with E-state index in [0.29, 0.717) is 18.5 Å². The second-order valence-electron chi connectivity index (χ2n) is 4.76. The fourth-order valence-corrected chi connectivity index (χ4v) is 3.06. The van der Waals surface area contributed by atoms with E-state index in [0.717, 1.165) is 6.42 Å². The standard InChI is InChI=1S/C12H19NO2/c1-2-11(9-5-3-4-6-9)13-8-10(14)7-12(13)15/h9,11H,2-8H2,1H3. The minimum atomic E-state index is 0.0544. The average Bonchev–Trinajstić information content (AvgIpc) is 2.79. The van der Waals surface area contributed by atoms with E-state index >= 15 is 0 Å². The maximum atomic E-state index is 11.6. The summed E-state index contributed by atoms with van der Waals surface area (Å²) in [5, 5.41) is 0. The number of Topliss-reactive ketones (excluding diaryl/α,β-unsaturated/α-hetero) is 1. The molecular weight excluding hydrogens is 190 g/mol. The monoisotopic (exact) mass is 209 g/mol. The van der Waals surface area contributed by atoms with Gasteiger partial charge in [-0.25, -0.2) is 0 Å². The fourth-order valence-electron chi connectivity index (χ4n) is 3.06. The Morgan fingerprint density at radius 2 is 2.00 bits per heavy atom. The molecule has 0 aromatic heterocycles. The van der Waals surface area contributed by atoms with Crippen molar-refractivity contribution in [1.29, 1.82) is 0 Å². The van der Waals surface area contributed by atoms with Crippen LogP contribution >= 0.6 is 0 Å². The minimum Gasteiger partial charge on any atom is -0.332 e. The molecule has 1 aliphatic carbocycles. The van der Waals surface area contributed by atoms with Crippen LogP contribution in [0.2, 0.25) is 0 Å². The van der Waals surface area contributed by atoms with E-state index in [1.165, 1.54) is 25.7 Å². The number of carbonyl (C=O) groups excluding carboxylic acids is 2. The van der Waals surface area contributed by atoms with Crippen molar-refractivity contribution in [3.8, 4) is 0 Å². The van der Waals surface area contributed by atoms with Crippen molar-refractivity contribution < 1.29 is 9.59 Å². The van der Waals surface area contributed by atoms with E-state index in [4.69, 9.17) is 0 Å². The first-order valence-electron chi connectivity index (χ1n) is 6.03. The van der Waals surface area contributed by atoms with Crippen molar-refractivity contribution in [1.82, 2.24) is 4.90 Å². The SMILES string of the molecule is CCC(C1CCCC1)N1CC(=O)CC1=O. The highest BCUT2D eigenvalue weighted by molar-refractivity contribution is 6.05. The van der Waals surface area contributed by atoms with Gasteiger partial charge in [0.15, 0.2) is 5.78 Å². The molecule has 1 amide bonds. The Labute approximate surface area is 90.8 Å². The number of hydrogen-bond donors (Lipinski definition) is 0. The number of rotatable bonds is 3. The summed E-state index contributed by atoms with van der Waals surface area (Å²) in [6, 6.07) is 0.325. The number of likely N-dealkylation sites (tertiary alicyclic amines) is 1. The molecule has 1 saturated carbocycles. The third-order valence-electron chi connectivity index (χ3n) is 3.78. The third kappa shape index (κ3) is 2.06. The quantitative estimate of drug-likeness (QED) is 0.664. The molecule has 0 bridgehead atoms. The molecule has 3 nitrogen and oxygen atoms in total. The van der Waals surface area contributed by atoms with Gasteiger partial charge < -0.3 is 4.90 Å². The maximum Gasteiger partial charge on any atom is 0.230 e. The average molecular weight is 209 g/mol. The Morgan fingerprint density at radius 3 is 2.47 bits per heavy atom. The first-order valence-corrected chi connectivity index (χ1v) is 6.03. The minimum absolute atomic E-state index is 0.0544. The molecule has 2 fully saturated rings. The van der Waals surface area contributed by atoms with Crippen LogP contribution in [0.5, 0.6) is 0 Å². The normalized spacial score (nSPS) is 25.3. The van der Waals surface area contributed by atoms with Crippen LogP contribution in [-0.4, -0.2) is 29.2 Å². The first kappa shape index (κ1) is 10.7. The Hall–Kier alpha value is -0.860. The topological polar surface area (TPSA) is 37.4 Å². The van der Waals surface area contributed by atoms with Crippen LogP contribution in [-0.2, 0) is 9.59 Å². The van der Waals surface area contributed by atoms with Gasteiger partial charge in [0.2, 0.25) is 5.91 Å². The smallest absolute Gasteiger partial charge is 0.230 e. The highest BCUT2D eigenvalue weighted by atomic mass is 16.2. The van der Waals surface area contributed by atoms with Crippen molar-refractivity contribution >= 4 is 11.7 Å². The lowest BCUT2D eigenvalue weighted by Gasteiger charge is -2.31. The lowest BCUT2D eigenvalue weighted by atomic mass is 9.94. The van der Waals surface area contributed by atoms with Crippen molar-refractivity contribution in [2.24, 2.45) is 5.92 Å². The molecule has 1 saturated heterocycles. The lowest BCUT2D eigenvalue weighted by Crippen LogP contribution is -2.40. The molecule has 1 unspecified atom stereocenters. The zero-order valence-corrected chi connectivity index (χ0v) is 9.37. The van der Waals surface area contributed by atoms with E-state index in [9.17, 15) is 9.59 Å². The summed E-state index contributed by atoms with van der Waals surface area (Å²) < 4.78 is 0. The van der Waals surface area contributed by atoms with Gasteiger partial charge in [-0.2, -0.15) is 0 Å². The van der Waals surface area contributed by atoms with Gasteiger partial charge in [-0.15, -0.1) is 0 Å². The summed E-state index contributed by atoms with van der Waals surface area (Å²) >= 11 is 0. The van der Waals surface area contributed by atoms with Gasteiger partial charge in [0.25, 0.3) is 0 Å². The summed E-state index contributed by atoms with van der Waals surface area (Å²) in [5.41, 5.74) is 0. The lowest BCUT2D eigenvalue weighted by molar-refractivity contribution is -0.130. The van der Waals surface area contributed by atoms with E-state index < -0.39 is 0 Å². The van der Waals surface area contributed by atoms with E-state index in [-0.39, 0.29) is 18.1 Å². The molecule has 1 heterocycles. The van der Waals surface area contributed by atoms with Crippen LogP contribution in [0.4, 0.5) is 0 Å². The van der Waals surface area contributed by atoms with E-state index in [1.54, 1.807) is 0 Å². The molecule has 3 heteroatoms. The van der Waals surface area contributed by atoms with Crippen molar-refractivity contribution in [2.45, 2.75) is 51.5 Å². The molecule has 0 aromatic carbocycles. The molecule has 0 radical (unpaired) electrons. The van der Waals surface area contributed by atoms with Gasteiger partial charge in [0.05, 0.1) is 13.0 Å². The van der Waals surface area contributed by atoms with Crippen LogP contribution in [0.3, 0.4) is 0 Å². The summed E-state index contributed by atoms with van der Waals surface area (Å²) in [6.45, 7) is 2.49. The predicted octanol–water partition coefficient (Wildman–Crippen LogP) is 1.76. The molecule has 0 spiro atoms. The molecular formula is C12H19NO2. The Bertz CT molecular complexity index is 269. The van der Waals surface area contributed by atoms with Gasteiger partial charge >= 0.3 is 0 Å². The van der Waals surface area contributed by atoms with Gasteiger partial charge in [-0.1, -0.05) is 19.8 Å². The number of nitrogens with zero attached hydrogens (tertiary/aromatic N) is 1.